The van der Waals surface area contributed by atoms with E-state index in [1.807, 2.05) is 0 Å². The van der Waals surface area contributed by atoms with Gasteiger partial charge in [0, 0.05) is 14.8 Å². The second kappa shape index (κ2) is 6.79. The molecule has 0 amide bonds. The van der Waals surface area contributed by atoms with E-state index in [4.69, 9.17) is 16.3 Å². The van der Waals surface area contributed by atoms with Crippen molar-refractivity contribution in [3.05, 3.63) is 51.4 Å². The van der Waals surface area contributed by atoms with Crippen LogP contribution in [0.1, 0.15) is 0 Å². The number of benzene rings is 1. The molecule has 2 atom stereocenters. The third kappa shape index (κ3) is 2.80. The lowest BCUT2D eigenvalue weighted by Crippen LogP contribution is -2.56. The molecule has 9 heteroatoms. The van der Waals surface area contributed by atoms with E-state index in [-0.39, 0.29) is 10.5 Å². The number of esters is 3. The highest BCUT2D eigenvalue weighted by Crippen LogP contribution is 2.48. The van der Waals surface area contributed by atoms with E-state index in [2.05, 4.69) is 9.47 Å². The van der Waals surface area contributed by atoms with Crippen LogP contribution in [-0.4, -0.2) is 48.9 Å². The van der Waals surface area contributed by atoms with E-state index in [9.17, 15) is 19.5 Å². The normalized spacial score (nSPS) is 24.1. The minimum Gasteiger partial charge on any atom is -0.466 e. The van der Waals surface area contributed by atoms with Gasteiger partial charge in [0.2, 0.25) is 5.60 Å². The summed E-state index contributed by atoms with van der Waals surface area (Å²) < 4.78 is 14.4. The molecule has 1 aromatic carbocycles. The molecule has 0 fully saturated rings. The maximum Gasteiger partial charge on any atom is 0.349 e. The Balaban J connectivity index is 2.11. The maximum atomic E-state index is 12.4. The summed E-state index contributed by atoms with van der Waals surface area (Å²) in [6.45, 7) is 0. The zero-order valence-corrected chi connectivity index (χ0v) is 15.2. The van der Waals surface area contributed by atoms with Gasteiger partial charge in [-0.2, -0.15) is 0 Å². The number of rotatable bonds is 4. The Morgan fingerprint density at radius 2 is 1.81 bits per heavy atom. The van der Waals surface area contributed by atoms with Gasteiger partial charge in [-0.15, -0.1) is 0 Å². The predicted molar refractivity (Wildman–Crippen MR) is 91.3 cm³/mol. The van der Waals surface area contributed by atoms with E-state index < -0.39 is 35.2 Å². The zero-order valence-electron chi connectivity index (χ0n) is 13.6. The van der Waals surface area contributed by atoms with Crippen molar-refractivity contribution in [1.82, 2.24) is 0 Å². The smallest absolute Gasteiger partial charge is 0.349 e. The minimum absolute atomic E-state index is 0.133. The van der Waals surface area contributed by atoms with Crippen LogP contribution in [0, 0.1) is 0 Å². The molecule has 3 aliphatic rings. The molecular formula is C17H13ClO7S. The second-order valence-corrected chi connectivity index (χ2v) is 6.95. The fourth-order valence-electron chi connectivity index (χ4n) is 2.72. The van der Waals surface area contributed by atoms with Crippen LogP contribution < -0.4 is 0 Å². The van der Waals surface area contributed by atoms with Crippen LogP contribution >= 0.6 is 23.4 Å². The highest BCUT2D eigenvalue weighted by molar-refractivity contribution is 8.03. The fraction of sp³-hybridized carbons (Fsp3) is 0.235. The van der Waals surface area contributed by atoms with Crippen molar-refractivity contribution >= 4 is 41.3 Å². The van der Waals surface area contributed by atoms with Crippen LogP contribution in [0.25, 0.3) is 0 Å². The summed E-state index contributed by atoms with van der Waals surface area (Å²) in [5.41, 5.74) is -3.22. The van der Waals surface area contributed by atoms with E-state index >= 15 is 0 Å². The van der Waals surface area contributed by atoms with Crippen LogP contribution in [0.4, 0.5) is 0 Å². The number of hydrogen-bond acceptors (Lipinski definition) is 8. The first-order chi connectivity index (χ1) is 12.3. The average molecular weight is 397 g/mol. The monoisotopic (exact) mass is 396 g/mol. The van der Waals surface area contributed by atoms with E-state index in [1.54, 1.807) is 24.3 Å². The topological polar surface area (TPSA) is 99.1 Å². The summed E-state index contributed by atoms with van der Waals surface area (Å²) in [5.74, 6) is -2.97. The standard InChI is InChI=1S/C17H13ClO7S/c1-23-14(19)12-10-7-11(26-9-5-3-8(18)4-6-9)17(22,16(21)25-10)13(12)15(20)24-2/h3-7,10,22H,1-2H3/t10-,17-/m0/s1. The molecule has 4 rings (SSSR count). The van der Waals surface area contributed by atoms with Crippen molar-refractivity contribution in [2.45, 2.75) is 16.6 Å². The number of ether oxygens (including phenoxy) is 3. The molecular weight excluding hydrogens is 384 g/mol. The molecule has 2 heterocycles. The summed E-state index contributed by atoms with van der Waals surface area (Å²) >= 11 is 6.90. The third-order valence-corrected chi connectivity index (χ3v) is 5.35. The zero-order chi connectivity index (χ0) is 19.1. The van der Waals surface area contributed by atoms with Crippen molar-refractivity contribution in [1.29, 1.82) is 0 Å². The molecule has 0 aromatic heterocycles. The Morgan fingerprint density at radius 1 is 1.19 bits per heavy atom. The van der Waals surface area contributed by atoms with Gasteiger partial charge < -0.3 is 19.3 Å². The summed E-state index contributed by atoms with van der Waals surface area (Å²) in [6, 6.07) is 6.66. The Morgan fingerprint density at radius 3 is 2.38 bits per heavy atom. The number of carbonyl (C=O) groups is 3. The highest BCUT2D eigenvalue weighted by Gasteiger charge is 2.60. The van der Waals surface area contributed by atoms with Crippen molar-refractivity contribution < 1.29 is 33.7 Å². The second-order valence-electron chi connectivity index (χ2n) is 5.40. The van der Waals surface area contributed by atoms with Gasteiger partial charge in [-0.3, -0.25) is 0 Å². The molecule has 0 unspecified atom stereocenters. The number of thioether (sulfide) groups is 1. The lowest BCUT2D eigenvalue weighted by Gasteiger charge is -2.41. The van der Waals surface area contributed by atoms with Crippen molar-refractivity contribution in [2.24, 2.45) is 0 Å². The molecule has 2 aliphatic heterocycles. The molecule has 1 N–H and O–H groups in total. The minimum atomic E-state index is -2.46. The molecule has 136 valence electrons. The van der Waals surface area contributed by atoms with Gasteiger partial charge in [-0.05, 0) is 30.3 Å². The summed E-state index contributed by atoms with van der Waals surface area (Å²) in [7, 11) is 2.20. The Kier molecular flexibility index (Phi) is 4.83. The predicted octanol–water partition coefficient (Wildman–Crippen LogP) is 1.63. The Labute approximate surface area is 157 Å². The highest BCUT2D eigenvalue weighted by atomic mass is 35.5. The van der Waals surface area contributed by atoms with Crippen molar-refractivity contribution in [3.8, 4) is 0 Å². The lowest BCUT2D eigenvalue weighted by atomic mass is 9.79. The van der Waals surface area contributed by atoms with Gasteiger partial charge in [-0.25, -0.2) is 14.4 Å². The first kappa shape index (κ1) is 18.5. The number of hydrogen-bond donors (Lipinski definition) is 1. The van der Waals surface area contributed by atoms with Crippen LogP contribution in [0.5, 0.6) is 0 Å². The summed E-state index contributed by atoms with van der Waals surface area (Å²) in [6.07, 6.45) is 0.243. The van der Waals surface area contributed by atoms with Gasteiger partial charge in [0.1, 0.15) is 0 Å². The molecule has 0 saturated heterocycles. The largest absolute Gasteiger partial charge is 0.466 e. The van der Waals surface area contributed by atoms with Crippen LogP contribution in [0.3, 0.4) is 0 Å². The van der Waals surface area contributed by atoms with Gasteiger partial charge >= 0.3 is 17.9 Å². The van der Waals surface area contributed by atoms with Crippen molar-refractivity contribution in [3.63, 3.8) is 0 Å². The molecule has 0 radical (unpaired) electrons. The summed E-state index contributed by atoms with van der Waals surface area (Å²) in [5, 5.41) is 11.6. The first-order valence-electron chi connectivity index (χ1n) is 7.33. The van der Waals surface area contributed by atoms with Crippen LogP contribution in [-0.2, 0) is 28.6 Å². The number of halogens is 1. The molecule has 7 nitrogen and oxygen atoms in total. The molecule has 1 aromatic rings. The Hall–Kier alpha value is -2.29. The van der Waals surface area contributed by atoms with Gasteiger partial charge in [-0.1, -0.05) is 23.4 Å². The van der Waals surface area contributed by atoms with E-state index in [0.29, 0.717) is 9.92 Å². The first-order valence-corrected chi connectivity index (χ1v) is 8.52. The van der Waals surface area contributed by atoms with Crippen molar-refractivity contribution in [2.75, 3.05) is 14.2 Å². The lowest BCUT2D eigenvalue weighted by molar-refractivity contribution is -0.169. The SMILES string of the molecule is COC(=O)C1=C(C(=O)OC)[C@]2(O)C(=O)O[C@H]1C=C2Sc1ccc(Cl)cc1. The maximum absolute atomic E-state index is 12.4. The fourth-order valence-corrected chi connectivity index (χ4v) is 3.90. The number of methoxy groups -OCH3 is 2. The number of fused-ring (bicyclic) bond motifs is 1. The quantitative estimate of drug-likeness (QED) is 0.605. The number of carbonyl (C=O) groups excluding carboxylic acids is 3. The van der Waals surface area contributed by atoms with E-state index in [1.165, 1.54) is 6.08 Å². The molecule has 1 aliphatic carbocycles. The average Bonchev–Trinajstić information content (AvgIpc) is 2.63. The van der Waals surface area contributed by atoms with Crippen LogP contribution in [0.2, 0.25) is 5.02 Å². The van der Waals surface area contributed by atoms with Gasteiger partial charge in [0.25, 0.3) is 0 Å². The summed E-state index contributed by atoms with van der Waals surface area (Å²) in [4.78, 5) is 37.5. The van der Waals surface area contributed by atoms with Gasteiger partial charge in [0.15, 0.2) is 6.10 Å². The number of aliphatic hydroxyl groups is 1. The van der Waals surface area contributed by atoms with Crippen LogP contribution in [0.15, 0.2) is 51.3 Å². The Bertz CT molecular complexity index is 858. The molecule has 0 spiro atoms. The molecule has 2 bridgehead atoms. The third-order valence-electron chi connectivity index (χ3n) is 3.94. The van der Waals surface area contributed by atoms with E-state index in [0.717, 1.165) is 26.0 Å². The molecule has 26 heavy (non-hydrogen) atoms. The molecule has 0 saturated carbocycles. The van der Waals surface area contributed by atoms with Gasteiger partial charge in [0.05, 0.1) is 25.4 Å².